The number of anilines is 1. The van der Waals surface area contributed by atoms with Gasteiger partial charge in [0.25, 0.3) is 0 Å². The summed E-state index contributed by atoms with van der Waals surface area (Å²) in [7, 11) is -2.31. The van der Waals surface area contributed by atoms with Crippen LogP contribution in [0.1, 0.15) is 33.3 Å². The zero-order valence-corrected chi connectivity index (χ0v) is 22.7. The van der Waals surface area contributed by atoms with Crippen molar-refractivity contribution in [1.29, 1.82) is 0 Å². The molecule has 0 heterocycles. The molecule has 198 valence electrons. The molecule has 0 radical (unpaired) electrons. The zero-order chi connectivity index (χ0) is 26.9. The minimum Gasteiger partial charge on any atom is -0.497 e. The Bertz CT molecular complexity index is 1140. The minimum atomic E-state index is -3.85. The first-order chi connectivity index (χ1) is 17.0. The number of ether oxygens (including phenoxy) is 2. The number of sulfonamides is 1. The highest BCUT2D eigenvalue weighted by atomic mass is 32.2. The molecule has 0 bridgehead atoms. The van der Waals surface area contributed by atoms with Gasteiger partial charge in [0.2, 0.25) is 21.8 Å². The summed E-state index contributed by atoms with van der Waals surface area (Å²) in [5, 5.41) is 2.86. The topological polar surface area (TPSA) is 105 Å². The Morgan fingerprint density at radius 3 is 2.36 bits per heavy atom. The molecule has 0 saturated heterocycles. The maximum Gasteiger partial charge on any atom is 0.244 e. The Morgan fingerprint density at radius 1 is 1.06 bits per heavy atom. The average Bonchev–Trinajstić information content (AvgIpc) is 2.84. The van der Waals surface area contributed by atoms with Crippen molar-refractivity contribution in [3.63, 3.8) is 0 Å². The molecule has 1 N–H and O–H groups in total. The third kappa shape index (κ3) is 8.15. The highest BCUT2D eigenvalue weighted by Crippen LogP contribution is 2.30. The van der Waals surface area contributed by atoms with Crippen molar-refractivity contribution in [1.82, 2.24) is 10.2 Å². The van der Waals surface area contributed by atoms with Crippen molar-refractivity contribution < 1.29 is 27.5 Å². The third-order valence-corrected chi connectivity index (χ3v) is 6.58. The summed E-state index contributed by atoms with van der Waals surface area (Å²) in [6.45, 7) is 7.77. The molecule has 0 aliphatic rings. The van der Waals surface area contributed by atoms with Crippen molar-refractivity contribution in [2.75, 3.05) is 37.4 Å². The fourth-order valence-electron chi connectivity index (χ4n) is 3.54. The molecule has 10 heteroatoms. The Hall–Kier alpha value is -3.27. The standard InChI is InChI=1S/C26H37N3O6S/c1-7-35-24-14-9-8-13-23(24)29(36(6,32)33)18-25(30)28(20(4)26(31)27-16-19(2)3)17-21-11-10-12-22(15-21)34-5/h8-15,19-20H,7,16-18H2,1-6H3,(H,27,31)/t20-/m0/s1. The number of carbonyl (C=O) groups excluding carboxylic acids is 2. The molecule has 1 atom stereocenters. The predicted molar refractivity (Wildman–Crippen MR) is 141 cm³/mol. The highest BCUT2D eigenvalue weighted by molar-refractivity contribution is 7.92. The smallest absolute Gasteiger partial charge is 0.244 e. The maximum atomic E-state index is 13.7. The lowest BCUT2D eigenvalue weighted by Crippen LogP contribution is -2.51. The molecule has 0 saturated carbocycles. The number of hydrogen-bond acceptors (Lipinski definition) is 6. The van der Waals surface area contributed by atoms with Gasteiger partial charge in [0.1, 0.15) is 24.1 Å². The zero-order valence-electron chi connectivity index (χ0n) is 21.9. The molecular weight excluding hydrogens is 482 g/mol. The van der Waals surface area contributed by atoms with E-state index in [1.54, 1.807) is 63.4 Å². The van der Waals surface area contributed by atoms with Crippen LogP contribution >= 0.6 is 0 Å². The fraction of sp³-hybridized carbons (Fsp3) is 0.462. The Balaban J connectivity index is 2.43. The van der Waals surface area contributed by atoms with Crippen LogP contribution in [0.25, 0.3) is 0 Å². The second kappa shape index (κ2) is 13.2. The van der Waals surface area contributed by atoms with Crippen LogP contribution in [0.3, 0.4) is 0 Å². The van der Waals surface area contributed by atoms with Crippen molar-refractivity contribution in [2.24, 2.45) is 5.92 Å². The second-order valence-electron chi connectivity index (χ2n) is 8.86. The number of nitrogens with one attached hydrogen (secondary N) is 1. The molecule has 9 nitrogen and oxygen atoms in total. The Labute approximate surface area is 214 Å². The van der Waals surface area contributed by atoms with Crippen molar-refractivity contribution in [2.45, 2.75) is 40.3 Å². The van der Waals surface area contributed by atoms with E-state index in [0.29, 0.717) is 24.7 Å². The van der Waals surface area contributed by atoms with Crippen molar-refractivity contribution in [3.05, 3.63) is 54.1 Å². The second-order valence-corrected chi connectivity index (χ2v) is 10.8. The van der Waals surface area contributed by atoms with Crippen LogP contribution in [0.15, 0.2) is 48.5 Å². The largest absolute Gasteiger partial charge is 0.497 e. The molecule has 2 aromatic carbocycles. The van der Waals surface area contributed by atoms with Crippen LogP contribution in [0.2, 0.25) is 0 Å². The predicted octanol–water partition coefficient (Wildman–Crippen LogP) is 3.05. The first kappa shape index (κ1) is 29.0. The molecule has 2 rings (SSSR count). The van der Waals surface area contributed by atoms with Crippen LogP contribution in [-0.4, -0.2) is 64.2 Å². The first-order valence-electron chi connectivity index (χ1n) is 11.9. The lowest BCUT2D eigenvalue weighted by Gasteiger charge is -2.32. The number of hydrogen-bond donors (Lipinski definition) is 1. The highest BCUT2D eigenvalue weighted by Gasteiger charge is 2.31. The van der Waals surface area contributed by atoms with Gasteiger partial charge in [-0.25, -0.2) is 8.42 Å². The van der Waals surface area contributed by atoms with Gasteiger partial charge in [-0.05, 0) is 49.6 Å². The van der Waals surface area contributed by atoms with Gasteiger partial charge in [-0.2, -0.15) is 0 Å². The molecule has 0 fully saturated rings. The summed E-state index contributed by atoms with van der Waals surface area (Å²) in [5.41, 5.74) is 1.00. The van der Waals surface area contributed by atoms with E-state index in [0.717, 1.165) is 16.1 Å². The molecule has 0 spiro atoms. The van der Waals surface area contributed by atoms with Crippen LogP contribution < -0.4 is 19.1 Å². The van der Waals surface area contributed by atoms with Gasteiger partial charge in [-0.1, -0.05) is 38.1 Å². The molecule has 2 aromatic rings. The van der Waals surface area contributed by atoms with Crippen LogP contribution in [-0.2, 0) is 26.2 Å². The lowest BCUT2D eigenvalue weighted by molar-refractivity contribution is -0.139. The minimum absolute atomic E-state index is 0.0943. The van der Waals surface area contributed by atoms with Crippen LogP contribution in [0, 0.1) is 5.92 Å². The van der Waals surface area contributed by atoms with Gasteiger partial charge in [-0.3, -0.25) is 13.9 Å². The normalized spacial score (nSPS) is 12.1. The van der Waals surface area contributed by atoms with E-state index in [-0.39, 0.29) is 24.1 Å². The van der Waals surface area contributed by atoms with Crippen molar-refractivity contribution >= 4 is 27.5 Å². The summed E-state index contributed by atoms with van der Waals surface area (Å²) >= 11 is 0. The summed E-state index contributed by atoms with van der Waals surface area (Å²) in [5.74, 6) is 0.349. The van der Waals surface area contributed by atoms with E-state index in [4.69, 9.17) is 9.47 Å². The quantitative estimate of drug-likeness (QED) is 0.436. The summed E-state index contributed by atoms with van der Waals surface area (Å²) in [6, 6.07) is 13.0. The van der Waals surface area contributed by atoms with Crippen LogP contribution in [0.4, 0.5) is 5.69 Å². The summed E-state index contributed by atoms with van der Waals surface area (Å²) in [4.78, 5) is 28.0. The molecule has 2 amide bonds. The number of methoxy groups -OCH3 is 1. The number of carbonyl (C=O) groups is 2. The van der Waals surface area contributed by atoms with E-state index in [1.165, 1.54) is 4.90 Å². The molecule has 0 aliphatic carbocycles. The number of rotatable bonds is 13. The van der Waals surface area contributed by atoms with Crippen LogP contribution in [0.5, 0.6) is 11.5 Å². The Kier molecular flexibility index (Phi) is 10.6. The van der Waals surface area contributed by atoms with E-state index in [1.807, 2.05) is 19.9 Å². The Morgan fingerprint density at radius 2 is 1.75 bits per heavy atom. The lowest BCUT2D eigenvalue weighted by atomic mass is 10.1. The monoisotopic (exact) mass is 519 g/mol. The van der Waals surface area contributed by atoms with E-state index in [9.17, 15) is 18.0 Å². The number of nitrogens with zero attached hydrogens (tertiary/aromatic N) is 2. The average molecular weight is 520 g/mol. The SMILES string of the molecule is CCOc1ccccc1N(CC(=O)N(Cc1cccc(OC)c1)[C@@H](C)C(=O)NCC(C)C)S(C)(=O)=O. The van der Waals surface area contributed by atoms with Gasteiger partial charge in [0, 0.05) is 13.1 Å². The van der Waals surface area contributed by atoms with E-state index < -0.39 is 28.5 Å². The number of para-hydroxylation sites is 2. The third-order valence-electron chi connectivity index (χ3n) is 5.45. The summed E-state index contributed by atoms with van der Waals surface area (Å²) < 4.78 is 37.5. The number of amides is 2. The van der Waals surface area contributed by atoms with Gasteiger partial charge in [-0.15, -0.1) is 0 Å². The number of benzene rings is 2. The molecule has 36 heavy (non-hydrogen) atoms. The van der Waals surface area contributed by atoms with Gasteiger partial charge < -0.3 is 19.7 Å². The van der Waals surface area contributed by atoms with Crippen molar-refractivity contribution in [3.8, 4) is 11.5 Å². The fourth-order valence-corrected chi connectivity index (χ4v) is 4.39. The summed E-state index contributed by atoms with van der Waals surface area (Å²) in [6.07, 6.45) is 1.04. The van der Waals surface area contributed by atoms with E-state index in [2.05, 4.69) is 5.32 Å². The molecule has 0 unspecified atom stereocenters. The van der Waals surface area contributed by atoms with E-state index >= 15 is 0 Å². The molecule has 0 aliphatic heterocycles. The van der Waals surface area contributed by atoms with Gasteiger partial charge >= 0.3 is 0 Å². The first-order valence-corrected chi connectivity index (χ1v) is 13.7. The van der Waals surface area contributed by atoms with Gasteiger partial charge in [0.05, 0.1) is 25.7 Å². The van der Waals surface area contributed by atoms with Gasteiger partial charge in [0.15, 0.2) is 0 Å². The molecular formula is C26H37N3O6S. The molecule has 0 aromatic heterocycles. The maximum absolute atomic E-state index is 13.7.